The summed E-state index contributed by atoms with van der Waals surface area (Å²) in [7, 11) is 0. The highest BCUT2D eigenvalue weighted by Crippen LogP contribution is 2.50. The third kappa shape index (κ3) is 3.50. The summed E-state index contributed by atoms with van der Waals surface area (Å²) >= 11 is 6.01. The summed E-state index contributed by atoms with van der Waals surface area (Å²) in [5.74, 6) is 1.16. The first-order valence-electron chi connectivity index (χ1n) is 10.2. The molecule has 1 aliphatic heterocycles. The van der Waals surface area contributed by atoms with E-state index in [4.69, 9.17) is 11.6 Å². The maximum absolute atomic E-state index is 9.95. The maximum atomic E-state index is 9.95. The molecule has 0 saturated heterocycles. The van der Waals surface area contributed by atoms with E-state index in [9.17, 15) is 5.11 Å². The van der Waals surface area contributed by atoms with Gasteiger partial charge in [-0.05, 0) is 66.8 Å². The monoisotopic (exact) mass is 414 g/mol. The van der Waals surface area contributed by atoms with Crippen molar-refractivity contribution in [2.24, 2.45) is 10.9 Å². The number of nitrogens with one attached hydrogen (secondary N) is 1. The Kier molecular flexibility index (Phi) is 4.84. The summed E-state index contributed by atoms with van der Waals surface area (Å²) in [5, 5.41) is 14.3. The first kappa shape index (κ1) is 19.0. The lowest BCUT2D eigenvalue weighted by Gasteiger charge is -2.37. The first-order valence-corrected chi connectivity index (χ1v) is 10.6. The van der Waals surface area contributed by atoms with Gasteiger partial charge >= 0.3 is 0 Å². The minimum atomic E-state index is 0.167. The number of aliphatic imine (C=N–C) groups is 1. The van der Waals surface area contributed by atoms with Gasteiger partial charge in [-0.15, -0.1) is 0 Å². The highest BCUT2D eigenvalue weighted by Gasteiger charge is 2.37. The van der Waals surface area contributed by atoms with Crippen LogP contribution in [0, 0.1) is 12.8 Å². The van der Waals surface area contributed by atoms with E-state index in [-0.39, 0.29) is 11.8 Å². The molecule has 0 fully saturated rings. The van der Waals surface area contributed by atoms with Crippen molar-refractivity contribution >= 4 is 29.2 Å². The molecule has 2 N–H and O–H groups in total. The number of phenolic OH excluding ortho intramolecular Hbond substituents is 1. The van der Waals surface area contributed by atoms with Gasteiger partial charge in [0, 0.05) is 28.4 Å². The largest absolute Gasteiger partial charge is 0.507 e. The van der Waals surface area contributed by atoms with Gasteiger partial charge in [0.25, 0.3) is 0 Å². The van der Waals surface area contributed by atoms with Gasteiger partial charge in [-0.25, -0.2) is 0 Å². The summed E-state index contributed by atoms with van der Waals surface area (Å²) in [6, 6.07) is 20.2. The number of allylic oxidation sites excluding steroid dienone is 2. The van der Waals surface area contributed by atoms with Gasteiger partial charge in [0.15, 0.2) is 0 Å². The number of anilines is 1. The predicted octanol–water partition coefficient (Wildman–Crippen LogP) is 6.93. The second kappa shape index (κ2) is 7.66. The molecule has 30 heavy (non-hydrogen) atoms. The minimum Gasteiger partial charge on any atom is -0.507 e. The fourth-order valence-corrected chi connectivity index (χ4v) is 4.76. The summed E-state index contributed by atoms with van der Waals surface area (Å²) in [5.41, 5.74) is 6.66. The minimum absolute atomic E-state index is 0.167. The predicted molar refractivity (Wildman–Crippen MR) is 124 cm³/mol. The van der Waals surface area contributed by atoms with Crippen molar-refractivity contribution in [1.29, 1.82) is 0 Å². The number of nitrogens with zero attached hydrogens (tertiary/aromatic N) is 1. The van der Waals surface area contributed by atoms with Crippen molar-refractivity contribution in [3.8, 4) is 5.75 Å². The van der Waals surface area contributed by atoms with E-state index in [0.29, 0.717) is 22.4 Å². The number of phenols is 1. The number of aromatic hydroxyl groups is 1. The van der Waals surface area contributed by atoms with Gasteiger partial charge in [0.2, 0.25) is 0 Å². The van der Waals surface area contributed by atoms with Crippen LogP contribution in [0.5, 0.6) is 5.75 Å². The van der Waals surface area contributed by atoms with Crippen molar-refractivity contribution in [3.05, 3.63) is 100 Å². The Morgan fingerprint density at radius 1 is 1.07 bits per heavy atom. The molecule has 3 atom stereocenters. The Labute approximate surface area is 181 Å². The Balaban J connectivity index is 1.40. The molecule has 0 unspecified atom stereocenters. The number of halogens is 1. The number of benzene rings is 3. The molecule has 5 rings (SSSR count). The molecule has 0 spiro atoms. The van der Waals surface area contributed by atoms with Crippen LogP contribution in [0.1, 0.15) is 40.6 Å². The molecular weight excluding hydrogens is 392 g/mol. The van der Waals surface area contributed by atoms with Crippen molar-refractivity contribution in [3.63, 3.8) is 0 Å². The fraction of sp³-hybridized carbons (Fsp3) is 0.192. The summed E-state index contributed by atoms with van der Waals surface area (Å²) in [4.78, 5) is 4.50. The van der Waals surface area contributed by atoms with E-state index in [0.717, 1.165) is 12.1 Å². The Bertz CT molecular complexity index is 1150. The van der Waals surface area contributed by atoms with Gasteiger partial charge in [-0.2, -0.15) is 0 Å². The molecule has 150 valence electrons. The van der Waals surface area contributed by atoms with E-state index >= 15 is 0 Å². The van der Waals surface area contributed by atoms with Crippen LogP contribution in [0.25, 0.3) is 0 Å². The molecule has 0 aromatic heterocycles. The van der Waals surface area contributed by atoms with Gasteiger partial charge in [-0.1, -0.05) is 53.6 Å². The van der Waals surface area contributed by atoms with Gasteiger partial charge in [0.1, 0.15) is 5.75 Å². The molecule has 0 amide bonds. The maximum Gasteiger partial charge on any atom is 0.124 e. The second-order valence-corrected chi connectivity index (χ2v) is 8.56. The molecule has 4 heteroatoms. The molecule has 0 saturated carbocycles. The zero-order chi connectivity index (χ0) is 20.7. The summed E-state index contributed by atoms with van der Waals surface area (Å²) < 4.78 is 0. The molecule has 3 aromatic carbocycles. The van der Waals surface area contributed by atoms with Crippen LogP contribution in [0.3, 0.4) is 0 Å². The number of hydrogen-bond donors (Lipinski definition) is 2. The molecule has 3 nitrogen and oxygen atoms in total. The number of aryl methyl sites for hydroxylation is 1. The SMILES string of the molecule is Cc1ccc2c(c1)[C@@H]1C=CC[C@H]1[C@H](c1ccc(N=Cc3cc(Cl)ccc3O)cc1)N2. The van der Waals surface area contributed by atoms with Crippen molar-refractivity contribution in [2.75, 3.05) is 5.32 Å². The third-order valence-electron chi connectivity index (χ3n) is 6.11. The van der Waals surface area contributed by atoms with Gasteiger partial charge in [-0.3, -0.25) is 4.99 Å². The molecule has 2 aliphatic rings. The van der Waals surface area contributed by atoms with Gasteiger partial charge < -0.3 is 10.4 Å². The quantitative estimate of drug-likeness (QED) is 0.360. The lowest BCUT2D eigenvalue weighted by Crippen LogP contribution is -2.29. The van der Waals surface area contributed by atoms with E-state index in [2.05, 4.69) is 59.7 Å². The molecular formula is C26H23ClN2O. The Morgan fingerprint density at radius 3 is 2.73 bits per heavy atom. The second-order valence-electron chi connectivity index (χ2n) is 8.12. The number of rotatable bonds is 3. The highest BCUT2D eigenvalue weighted by molar-refractivity contribution is 6.30. The molecule has 3 aromatic rings. The average Bonchev–Trinajstić information content (AvgIpc) is 3.25. The van der Waals surface area contributed by atoms with Crippen LogP contribution in [0.15, 0.2) is 77.8 Å². The van der Waals surface area contributed by atoms with Gasteiger partial charge in [0.05, 0.1) is 11.7 Å². The Morgan fingerprint density at radius 2 is 1.90 bits per heavy atom. The van der Waals surface area contributed by atoms with E-state index < -0.39 is 0 Å². The van der Waals surface area contributed by atoms with E-state index in [1.165, 1.54) is 22.4 Å². The lowest BCUT2D eigenvalue weighted by atomic mass is 9.76. The fourth-order valence-electron chi connectivity index (χ4n) is 4.58. The number of fused-ring (bicyclic) bond motifs is 3. The molecule has 1 aliphatic carbocycles. The van der Waals surface area contributed by atoms with Crippen LogP contribution >= 0.6 is 11.6 Å². The summed E-state index contributed by atoms with van der Waals surface area (Å²) in [6.07, 6.45) is 7.42. The molecule has 1 heterocycles. The summed E-state index contributed by atoms with van der Waals surface area (Å²) in [6.45, 7) is 2.16. The van der Waals surface area contributed by atoms with Crippen LogP contribution in [-0.2, 0) is 0 Å². The average molecular weight is 415 g/mol. The van der Waals surface area contributed by atoms with Crippen LogP contribution in [-0.4, -0.2) is 11.3 Å². The first-order chi connectivity index (χ1) is 14.6. The van der Waals surface area contributed by atoms with Crippen LogP contribution in [0.2, 0.25) is 5.02 Å². The van der Waals surface area contributed by atoms with E-state index in [1.807, 2.05) is 12.1 Å². The zero-order valence-electron chi connectivity index (χ0n) is 16.7. The topological polar surface area (TPSA) is 44.6 Å². The van der Waals surface area contributed by atoms with Crippen molar-refractivity contribution < 1.29 is 5.11 Å². The van der Waals surface area contributed by atoms with Crippen molar-refractivity contribution in [1.82, 2.24) is 0 Å². The zero-order valence-corrected chi connectivity index (χ0v) is 17.5. The van der Waals surface area contributed by atoms with Crippen LogP contribution < -0.4 is 5.32 Å². The standard InChI is InChI=1S/C26H23ClN2O/c1-16-5-11-24-23(13-16)21-3-2-4-22(21)26(29-24)17-6-9-20(10-7-17)28-15-18-14-19(27)8-12-25(18)30/h2-3,5-15,21-22,26,29-30H,4H2,1H3/t21-,22-,26+/m1/s1. The lowest BCUT2D eigenvalue weighted by molar-refractivity contribution is 0.425. The van der Waals surface area contributed by atoms with Crippen molar-refractivity contribution in [2.45, 2.75) is 25.3 Å². The normalized spacial score (nSPS) is 22.0. The molecule has 0 radical (unpaired) electrons. The highest BCUT2D eigenvalue weighted by atomic mass is 35.5. The third-order valence-corrected chi connectivity index (χ3v) is 6.35. The van der Waals surface area contributed by atoms with E-state index in [1.54, 1.807) is 24.4 Å². The smallest absolute Gasteiger partial charge is 0.124 e. The number of hydrogen-bond acceptors (Lipinski definition) is 3. The Hall–Kier alpha value is -3.04. The van der Waals surface area contributed by atoms with Crippen LogP contribution in [0.4, 0.5) is 11.4 Å². The molecule has 0 bridgehead atoms.